The molecule has 1 aromatic carbocycles. The van der Waals surface area contributed by atoms with Crippen molar-refractivity contribution in [2.24, 2.45) is 13.0 Å². The highest BCUT2D eigenvalue weighted by Gasteiger charge is 2.24. The largest absolute Gasteiger partial charge is 0.370 e. The first-order valence-corrected chi connectivity index (χ1v) is 8.23. The van der Waals surface area contributed by atoms with Crippen LogP contribution in [0.3, 0.4) is 0 Å². The average molecular weight is 347 g/mol. The van der Waals surface area contributed by atoms with E-state index in [0.29, 0.717) is 23.0 Å². The number of amides is 1. The summed E-state index contributed by atoms with van der Waals surface area (Å²) < 4.78 is 1.31. The Bertz CT molecular complexity index is 805. The maximum Gasteiger partial charge on any atom is 0.268 e. The van der Waals surface area contributed by atoms with Crippen LogP contribution in [0.2, 0.25) is 5.02 Å². The van der Waals surface area contributed by atoms with E-state index >= 15 is 0 Å². The number of hydrogen-bond acceptors (Lipinski definition) is 4. The van der Waals surface area contributed by atoms with E-state index in [1.165, 1.54) is 4.68 Å². The predicted octanol–water partition coefficient (Wildman–Crippen LogP) is 1.69. The van der Waals surface area contributed by atoms with E-state index in [4.69, 9.17) is 11.6 Å². The zero-order chi connectivity index (χ0) is 17.1. The first-order chi connectivity index (χ1) is 11.5. The van der Waals surface area contributed by atoms with Crippen molar-refractivity contribution in [3.8, 4) is 0 Å². The zero-order valence-corrected chi connectivity index (χ0v) is 14.2. The molecule has 1 aliphatic rings. The Labute approximate surface area is 145 Å². The Balaban J connectivity index is 1.56. The van der Waals surface area contributed by atoms with Gasteiger partial charge in [0.15, 0.2) is 0 Å². The topological polar surface area (TPSA) is 67.2 Å². The second kappa shape index (κ2) is 7.05. The Morgan fingerprint density at radius 3 is 2.96 bits per heavy atom. The molecule has 6 nitrogen and oxygen atoms in total. The lowest BCUT2D eigenvalue weighted by atomic mass is 10.1. The third-order valence-corrected chi connectivity index (χ3v) is 4.60. The van der Waals surface area contributed by atoms with Crippen molar-refractivity contribution < 1.29 is 4.79 Å². The molecule has 2 heterocycles. The number of aryl methyl sites for hydroxylation is 1. The normalized spacial score (nSPS) is 17.1. The van der Waals surface area contributed by atoms with E-state index in [2.05, 4.69) is 15.3 Å². The molecule has 7 heteroatoms. The molecule has 1 aromatic heterocycles. The quantitative estimate of drug-likeness (QED) is 0.914. The van der Waals surface area contributed by atoms with Gasteiger partial charge >= 0.3 is 0 Å². The maximum atomic E-state index is 12.2. The molecule has 0 spiro atoms. The van der Waals surface area contributed by atoms with Crippen LogP contribution >= 0.6 is 11.6 Å². The number of benzene rings is 1. The van der Waals surface area contributed by atoms with Crippen LogP contribution in [0.15, 0.2) is 41.3 Å². The van der Waals surface area contributed by atoms with Crippen molar-refractivity contribution in [1.29, 1.82) is 0 Å². The van der Waals surface area contributed by atoms with Crippen molar-refractivity contribution in [3.05, 3.63) is 57.5 Å². The number of rotatable bonds is 4. The zero-order valence-electron chi connectivity index (χ0n) is 13.4. The van der Waals surface area contributed by atoms with Crippen LogP contribution in [0.1, 0.15) is 16.8 Å². The van der Waals surface area contributed by atoms with Gasteiger partial charge in [0, 0.05) is 32.7 Å². The number of carbonyl (C=O) groups excluding carboxylic acids is 1. The summed E-state index contributed by atoms with van der Waals surface area (Å²) in [6.45, 7) is 2.22. The molecule has 1 atom stereocenters. The summed E-state index contributed by atoms with van der Waals surface area (Å²) >= 11 is 6.04. The van der Waals surface area contributed by atoms with Gasteiger partial charge in [-0.3, -0.25) is 9.59 Å². The van der Waals surface area contributed by atoms with Gasteiger partial charge in [0.05, 0.1) is 22.5 Å². The van der Waals surface area contributed by atoms with Crippen LogP contribution in [-0.4, -0.2) is 35.3 Å². The fourth-order valence-corrected chi connectivity index (χ4v) is 3.07. The molecule has 0 aliphatic carbocycles. The van der Waals surface area contributed by atoms with E-state index < -0.39 is 0 Å². The van der Waals surface area contributed by atoms with E-state index in [0.717, 1.165) is 25.2 Å². The Hall–Kier alpha value is -2.34. The van der Waals surface area contributed by atoms with Crippen LogP contribution in [0.5, 0.6) is 0 Å². The SMILES string of the molecule is Cn1ncc(N2CC[C@@H](CNC(=O)c3ccccc3Cl)C2)cc1=O. The molecule has 3 rings (SSSR count). The lowest BCUT2D eigenvalue weighted by Gasteiger charge is -2.18. The number of nitrogens with zero attached hydrogens (tertiary/aromatic N) is 3. The minimum atomic E-state index is -0.158. The summed E-state index contributed by atoms with van der Waals surface area (Å²) in [7, 11) is 1.63. The van der Waals surface area contributed by atoms with E-state index in [1.807, 2.05) is 0 Å². The van der Waals surface area contributed by atoms with Crippen molar-refractivity contribution in [2.45, 2.75) is 6.42 Å². The highest BCUT2D eigenvalue weighted by atomic mass is 35.5. The van der Waals surface area contributed by atoms with E-state index in [1.54, 1.807) is 43.6 Å². The molecule has 0 bridgehead atoms. The molecule has 1 amide bonds. The molecule has 24 heavy (non-hydrogen) atoms. The molecular weight excluding hydrogens is 328 g/mol. The van der Waals surface area contributed by atoms with Gasteiger partial charge in [0.25, 0.3) is 11.5 Å². The van der Waals surface area contributed by atoms with Gasteiger partial charge in [0.1, 0.15) is 0 Å². The first-order valence-electron chi connectivity index (χ1n) is 7.85. The molecule has 0 saturated carbocycles. The van der Waals surface area contributed by atoms with Crippen molar-refractivity contribution >= 4 is 23.2 Å². The second-order valence-corrected chi connectivity index (χ2v) is 6.37. The summed E-state index contributed by atoms with van der Waals surface area (Å²) in [6, 6.07) is 8.60. The standard InChI is InChI=1S/C17H19ClN4O2/c1-21-16(23)8-13(10-20-21)22-7-6-12(11-22)9-19-17(24)14-4-2-3-5-15(14)18/h2-5,8,10,12H,6-7,9,11H2,1H3,(H,19,24)/t12-/m0/s1. The summed E-state index contributed by atoms with van der Waals surface area (Å²) in [6.07, 6.45) is 2.66. The molecule has 1 aliphatic heterocycles. The average Bonchev–Trinajstić information content (AvgIpc) is 3.04. The number of aromatic nitrogens is 2. The van der Waals surface area contributed by atoms with Gasteiger partial charge in [-0.2, -0.15) is 5.10 Å². The summed E-state index contributed by atoms with van der Waals surface area (Å²) in [5.74, 6) is 0.176. The fourth-order valence-electron chi connectivity index (χ4n) is 2.84. The van der Waals surface area contributed by atoms with Crippen LogP contribution in [-0.2, 0) is 7.05 Å². The highest BCUT2D eigenvalue weighted by Crippen LogP contribution is 2.22. The van der Waals surface area contributed by atoms with Crippen LogP contribution in [0.4, 0.5) is 5.69 Å². The first kappa shape index (κ1) is 16.5. The minimum absolute atomic E-state index is 0.122. The Kier molecular flexibility index (Phi) is 4.85. The number of halogens is 1. The van der Waals surface area contributed by atoms with Crippen LogP contribution in [0, 0.1) is 5.92 Å². The molecule has 1 N–H and O–H groups in total. The molecule has 2 aromatic rings. The Morgan fingerprint density at radius 1 is 1.42 bits per heavy atom. The number of anilines is 1. The molecule has 0 unspecified atom stereocenters. The molecular formula is C17H19ClN4O2. The Morgan fingerprint density at radius 2 is 2.21 bits per heavy atom. The van der Waals surface area contributed by atoms with Crippen LogP contribution < -0.4 is 15.8 Å². The maximum absolute atomic E-state index is 12.2. The van der Waals surface area contributed by atoms with Gasteiger partial charge in [-0.1, -0.05) is 23.7 Å². The molecule has 1 saturated heterocycles. The van der Waals surface area contributed by atoms with Gasteiger partial charge in [-0.05, 0) is 24.5 Å². The molecule has 0 radical (unpaired) electrons. The van der Waals surface area contributed by atoms with E-state index in [9.17, 15) is 9.59 Å². The lowest BCUT2D eigenvalue weighted by Crippen LogP contribution is -2.31. The third kappa shape index (κ3) is 3.59. The summed E-state index contributed by atoms with van der Waals surface area (Å²) in [5, 5.41) is 7.45. The summed E-state index contributed by atoms with van der Waals surface area (Å²) in [4.78, 5) is 26.0. The lowest BCUT2D eigenvalue weighted by molar-refractivity contribution is 0.0948. The monoisotopic (exact) mass is 346 g/mol. The van der Waals surface area contributed by atoms with Crippen LogP contribution in [0.25, 0.3) is 0 Å². The second-order valence-electron chi connectivity index (χ2n) is 5.97. The van der Waals surface area contributed by atoms with E-state index in [-0.39, 0.29) is 11.5 Å². The van der Waals surface area contributed by atoms with Crippen molar-refractivity contribution in [2.75, 3.05) is 24.5 Å². The number of nitrogens with one attached hydrogen (secondary N) is 1. The number of hydrogen-bond donors (Lipinski definition) is 1. The van der Waals surface area contributed by atoms with Gasteiger partial charge < -0.3 is 10.2 Å². The third-order valence-electron chi connectivity index (χ3n) is 4.27. The summed E-state index contributed by atoms with van der Waals surface area (Å²) in [5.41, 5.74) is 1.20. The predicted molar refractivity (Wildman–Crippen MR) is 93.6 cm³/mol. The van der Waals surface area contributed by atoms with Gasteiger partial charge in [-0.15, -0.1) is 0 Å². The molecule has 126 valence electrons. The number of carbonyl (C=O) groups is 1. The minimum Gasteiger partial charge on any atom is -0.370 e. The van der Waals surface area contributed by atoms with Gasteiger partial charge in [0.2, 0.25) is 0 Å². The van der Waals surface area contributed by atoms with Gasteiger partial charge in [-0.25, -0.2) is 4.68 Å². The molecule has 1 fully saturated rings. The fraction of sp³-hybridized carbons (Fsp3) is 0.353. The van der Waals surface area contributed by atoms with Crippen molar-refractivity contribution in [3.63, 3.8) is 0 Å². The smallest absolute Gasteiger partial charge is 0.268 e. The van der Waals surface area contributed by atoms with Crippen molar-refractivity contribution in [1.82, 2.24) is 15.1 Å². The highest BCUT2D eigenvalue weighted by molar-refractivity contribution is 6.33.